The first-order valence-corrected chi connectivity index (χ1v) is 6.49. The summed E-state index contributed by atoms with van der Waals surface area (Å²) in [4.78, 5) is 14.4. The maximum Gasteiger partial charge on any atom is 0.290 e. The van der Waals surface area contributed by atoms with Gasteiger partial charge in [0.25, 0.3) is 5.91 Å². The Balaban J connectivity index is 1.61. The summed E-state index contributed by atoms with van der Waals surface area (Å²) in [5, 5.41) is 13.5. The van der Waals surface area contributed by atoms with Crippen LogP contribution >= 0.6 is 0 Å². The number of carbonyl (C=O) groups is 1. The van der Waals surface area contributed by atoms with Gasteiger partial charge in [-0.05, 0) is 43.0 Å². The molecule has 1 amide bonds. The zero-order valence-corrected chi connectivity index (χ0v) is 10.2. The summed E-state index contributed by atoms with van der Waals surface area (Å²) in [6.07, 6.45) is 4.48. The van der Waals surface area contributed by atoms with Crippen molar-refractivity contribution in [2.24, 2.45) is 0 Å². The Morgan fingerprint density at radius 1 is 1.26 bits per heavy atom. The second kappa shape index (κ2) is 3.91. The number of nitrogens with one attached hydrogen (secondary N) is 1. The van der Waals surface area contributed by atoms with Crippen LogP contribution in [0.3, 0.4) is 0 Å². The van der Waals surface area contributed by atoms with Gasteiger partial charge in [-0.15, -0.1) is 10.2 Å². The molecule has 7 nitrogen and oxygen atoms in total. The normalized spacial score (nSPS) is 25.2. The van der Waals surface area contributed by atoms with Gasteiger partial charge in [0.1, 0.15) is 0 Å². The van der Waals surface area contributed by atoms with E-state index in [-0.39, 0.29) is 5.91 Å². The molecule has 4 heterocycles. The van der Waals surface area contributed by atoms with Crippen molar-refractivity contribution in [3.63, 3.8) is 0 Å². The highest BCUT2D eigenvalue weighted by molar-refractivity contribution is 5.92. The van der Waals surface area contributed by atoms with Crippen LogP contribution in [0.1, 0.15) is 36.2 Å². The number of amides is 1. The lowest BCUT2D eigenvalue weighted by atomic mass is 10.0. The molecule has 98 valence electrons. The largest absolute Gasteiger partial charge is 0.447 e. The number of carbonyl (C=O) groups excluding carboxylic acids is 1. The van der Waals surface area contributed by atoms with E-state index in [9.17, 15) is 4.79 Å². The summed E-state index contributed by atoms with van der Waals surface area (Å²) in [6, 6.07) is 4.19. The van der Waals surface area contributed by atoms with Crippen molar-refractivity contribution in [2.45, 2.75) is 37.8 Å². The zero-order valence-electron chi connectivity index (χ0n) is 10.2. The first-order chi connectivity index (χ1) is 9.33. The Hall–Kier alpha value is -2.18. The minimum Gasteiger partial charge on any atom is -0.447 e. The van der Waals surface area contributed by atoms with E-state index in [2.05, 4.69) is 20.6 Å². The number of aromatic nitrogens is 4. The van der Waals surface area contributed by atoms with E-state index < -0.39 is 0 Å². The molecule has 4 rings (SSSR count). The van der Waals surface area contributed by atoms with Gasteiger partial charge in [0.15, 0.2) is 11.5 Å². The third-order valence-corrected chi connectivity index (χ3v) is 4.07. The highest BCUT2D eigenvalue weighted by Crippen LogP contribution is 2.38. The van der Waals surface area contributed by atoms with Gasteiger partial charge in [-0.2, -0.15) is 5.21 Å². The van der Waals surface area contributed by atoms with Gasteiger partial charge < -0.3 is 9.32 Å². The van der Waals surface area contributed by atoms with Crippen molar-refractivity contribution in [1.82, 2.24) is 25.5 Å². The fourth-order valence-corrected chi connectivity index (χ4v) is 3.21. The molecular weight excluding hydrogens is 246 g/mol. The second-order valence-electron chi connectivity index (χ2n) is 5.07. The number of aromatic amines is 1. The third kappa shape index (κ3) is 1.57. The number of hydrogen-bond donors (Lipinski definition) is 1. The van der Waals surface area contributed by atoms with E-state index in [1.54, 1.807) is 12.1 Å². The standard InChI is InChI=1S/C12H13N5O2/c18-12(17-7-1-2-8(17)4-3-7)10-6-5-9(19-10)11-13-15-16-14-11/h5-8H,1-4H2,(H,13,14,15,16). The molecule has 7 heteroatoms. The molecular formula is C12H13N5O2. The lowest BCUT2D eigenvalue weighted by Gasteiger charge is -2.20. The molecule has 0 spiro atoms. The molecule has 0 radical (unpaired) electrons. The lowest BCUT2D eigenvalue weighted by molar-refractivity contribution is 0.0698. The Kier molecular flexibility index (Phi) is 2.20. The number of H-pyrrole nitrogens is 1. The van der Waals surface area contributed by atoms with Crippen LogP contribution in [0, 0.1) is 0 Å². The summed E-state index contributed by atoms with van der Waals surface area (Å²) in [7, 11) is 0. The first-order valence-electron chi connectivity index (χ1n) is 6.49. The van der Waals surface area contributed by atoms with E-state index >= 15 is 0 Å². The Morgan fingerprint density at radius 2 is 2.00 bits per heavy atom. The number of fused-ring (bicyclic) bond motifs is 2. The summed E-state index contributed by atoms with van der Waals surface area (Å²) in [5.74, 6) is 1.17. The predicted molar refractivity (Wildman–Crippen MR) is 64.1 cm³/mol. The van der Waals surface area contributed by atoms with Crippen LogP contribution in [0.2, 0.25) is 0 Å². The smallest absolute Gasteiger partial charge is 0.290 e. The number of nitrogens with zero attached hydrogens (tertiary/aromatic N) is 4. The molecule has 0 aliphatic carbocycles. The zero-order chi connectivity index (χ0) is 12.8. The van der Waals surface area contributed by atoms with E-state index in [0.717, 1.165) is 25.7 Å². The molecule has 2 bridgehead atoms. The van der Waals surface area contributed by atoms with Gasteiger partial charge >= 0.3 is 0 Å². The molecule has 2 aromatic heterocycles. The minimum absolute atomic E-state index is 0.0141. The highest BCUT2D eigenvalue weighted by Gasteiger charge is 2.43. The predicted octanol–water partition coefficient (Wildman–Crippen LogP) is 1.23. The number of tetrazole rings is 1. The average Bonchev–Trinajstić information content (AvgIpc) is 3.20. The lowest BCUT2D eigenvalue weighted by Crippen LogP contribution is -2.34. The van der Waals surface area contributed by atoms with Crippen molar-refractivity contribution in [3.8, 4) is 11.6 Å². The van der Waals surface area contributed by atoms with Crippen LogP contribution in [-0.2, 0) is 0 Å². The molecule has 2 aliphatic rings. The van der Waals surface area contributed by atoms with Crippen LogP contribution in [0.15, 0.2) is 16.5 Å². The number of furan rings is 1. The van der Waals surface area contributed by atoms with Crippen molar-refractivity contribution < 1.29 is 9.21 Å². The molecule has 2 saturated heterocycles. The van der Waals surface area contributed by atoms with E-state index in [4.69, 9.17) is 4.42 Å². The van der Waals surface area contributed by atoms with Gasteiger partial charge in [0.2, 0.25) is 5.82 Å². The minimum atomic E-state index is -0.0141. The van der Waals surface area contributed by atoms with E-state index in [1.807, 2.05) is 4.90 Å². The van der Waals surface area contributed by atoms with Gasteiger partial charge in [0.05, 0.1) is 0 Å². The van der Waals surface area contributed by atoms with Gasteiger partial charge in [-0.3, -0.25) is 4.79 Å². The fraction of sp³-hybridized carbons (Fsp3) is 0.500. The van der Waals surface area contributed by atoms with Crippen molar-refractivity contribution in [1.29, 1.82) is 0 Å². The van der Waals surface area contributed by atoms with Crippen molar-refractivity contribution >= 4 is 5.91 Å². The molecule has 2 aliphatic heterocycles. The molecule has 1 N–H and O–H groups in total. The van der Waals surface area contributed by atoms with Crippen LogP contribution in [0.5, 0.6) is 0 Å². The molecule has 2 aromatic rings. The molecule has 2 fully saturated rings. The SMILES string of the molecule is O=C(c1ccc(-c2nn[nH]n2)o1)N1C2CCC1CC2. The van der Waals surface area contributed by atoms with Crippen LogP contribution in [0.4, 0.5) is 0 Å². The number of hydrogen-bond acceptors (Lipinski definition) is 5. The van der Waals surface area contributed by atoms with Crippen molar-refractivity contribution in [2.75, 3.05) is 0 Å². The van der Waals surface area contributed by atoms with Crippen LogP contribution in [-0.4, -0.2) is 43.5 Å². The maximum absolute atomic E-state index is 12.5. The maximum atomic E-state index is 12.5. The summed E-state index contributed by atoms with van der Waals surface area (Å²) >= 11 is 0. The van der Waals surface area contributed by atoms with E-state index in [0.29, 0.717) is 29.4 Å². The topological polar surface area (TPSA) is 87.9 Å². The Labute approximate surface area is 109 Å². The molecule has 0 aromatic carbocycles. The fourth-order valence-electron chi connectivity index (χ4n) is 3.21. The van der Waals surface area contributed by atoms with Gasteiger partial charge in [0, 0.05) is 12.1 Å². The summed E-state index contributed by atoms with van der Waals surface area (Å²) in [6.45, 7) is 0. The monoisotopic (exact) mass is 259 g/mol. The molecule has 0 saturated carbocycles. The van der Waals surface area contributed by atoms with Gasteiger partial charge in [-0.1, -0.05) is 0 Å². The van der Waals surface area contributed by atoms with Crippen LogP contribution < -0.4 is 0 Å². The average molecular weight is 259 g/mol. The quantitative estimate of drug-likeness (QED) is 0.876. The van der Waals surface area contributed by atoms with Gasteiger partial charge in [-0.25, -0.2) is 0 Å². The molecule has 0 atom stereocenters. The first kappa shape index (κ1) is 10.7. The highest BCUT2D eigenvalue weighted by atomic mass is 16.4. The Morgan fingerprint density at radius 3 is 2.63 bits per heavy atom. The molecule has 0 unspecified atom stereocenters. The summed E-state index contributed by atoms with van der Waals surface area (Å²) in [5.41, 5.74) is 0. The molecule has 19 heavy (non-hydrogen) atoms. The van der Waals surface area contributed by atoms with Crippen LogP contribution in [0.25, 0.3) is 11.6 Å². The Bertz CT molecular complexity index is 585. The second-order valence-corrected chi connectivity index (χ2v) is 5.07. The van der Waals surface area contributed by atoms with E-state index in [1.165, 1.54) is 0 Å². The van der Waals surface area contributed by atoms with Crippen molar-refractivity contribution in [3.05, 3.63) is 17.9 Å². The summed E-state index contributed by atoms with van der Waals surface area (Å²) < 4.78 is 5.55. The third-order valence-electron chi connectivity index (χ3n) is 4.07. The number of rotatable bonds is 2.